The SMILES string of the molecule is Cn1cc(-c2ccc(F)cc2)c(C(=O)N2CCCC(C)(C)C2CNc2ncc(Br)cn2)n1. The Morgan fingerprint density at radius 1 is 1.25 bits per heavy atom. The molecule has 2 aromatic heterocycles. The summed E-state index contributed by atoms with van der Waals surface area (Å²) in [5.74, 6) is 0.0811. The second-order valence-electron chi connectivity index (χ2n) is 8.78. The van der Waals surface area contributed by atoms with Crippen molar-refractivity contribution < 1.29 is 9.18 Å². The first-order valence-electron chi connectivity index (χ1n) is 10.6. The monoisotopic (exact) mass is 500 g/mol. The van der Waals surface area contributed by atoms with E-state index in [-0.39, 0.29) is 23.2 Å². The van der Waals surface area contributed by atoms with E-state index < -0.39 is 0 Å². The minimum atomic E-state index is -0.315. The standard InChI is InChI=1S/C23H26BrFN6O/c1-23(2)9-4-10-31(19(23)13-28-22-26-11-16(24)12-27-22)21(32)20-18(14-30(3)29-20)15-5-7-17(25)8-6-15/h5-8,11-12,14,19H,4,9-10,13H2,1-3H3,(H,26,27,28). The molecule has 4 rings (SSSR count). The predicted octanol–water partition coefficient (Wildman–Crippen LogP) is 4.52. The maximum Gasteiger partial charge on any atom is 0.275 e. The van der Waals surface area contributed by atoms with Crippen LogP contribution in [0.15, 0.2) is 47.3 Å². The van der Waals surface area contributed by atoms with Gasteiger partial charge in [-0.25, -0.2) is 14.4 Å². The van der Waals surface area contributed by atoms with Crippen LogP contribution >= 0.6 is 15.9 Å². The molecule has 1 aliphatic rings. The van der Waals surface area contributed by atoms with Crippen LogP contribution in [0.4, 0.5) is 10.3 Å². The molecule has 1 aromatic carbocycles. The average Bonchev–Trinajstić information content (AvgIpc) is 3.15. The molecule has 1 fully saturated rings. The number of aromatic nitrogens is 4. The van der Waals surface area contributed by atoms with Crippen molar-refractivity contribution in [3.63, 3.8) is 0 Å². The summed E-state index contributed by atoms with van der Waals surface area (Å²) in [5.41, 5.74) is 1.74. The van der Waals surface area contributed by atoms with Crippen LogP contribution in [0, 0.1) is 11.2 Å². The maximum absolute atomic E-state index is 13.7. The van der Waals surface area contributed by atoms with Crippen molar-refractivity contribution in [3.8, 4) is 11.1 Å². The van der Waals surface area contributed by atoms with Crippen molar-refractivity contribution in [3.05, 3.63) is 58.8 Å². The minimum Gasteiger partial charge on any atom is -0.352 e. The van der Waals surface area contributed by atoms with E-state index in [1.54, 1.807) is 42.5 Å². The number of anilines is 1. The number of carbonyl (C=O) groups is 1. The molecule has 9 heteroatoms. The Kier molecular flexibility index (Phi) is 6.28. The van der Waals surface area contributed by atoms with Gasteiger partial charge in [-0.1, -0.05) is 26.0 Å². The maximum atomic E-state index is 13.7. The first kappa shape index (κ1) is 22.4. The van der Waals surface area contributed by atoms with E-state index in [2.05, 4.69) is 50.2 Å². The van der Waals surface area contributed by atoms with E-state index in [1.807, 2.05) is 4.90 Å². The second-order valence-corrected chi connectivity index (χ2v) is 9.70. The number of nitrogens with zero attached hydrogens (tertiary/aromatic N) is 5. The van der Waals surface area contributed by atoms with Crippen molar-refractivity contribution in [1.82, 2.24) is 24.6 Å². The normalized spacial score (nSPS) is 17.9. The lowest BCUT2D eigenvalue weighted by Crippen LogP contribution is -2.55. The molecule has 1 amide bonds. The number of carbonyl (C=O) groups excluding carboxylic acids is 1. The molecule has 0 spiro atoms. The first-order valence-corrected chi connectivity index (χ1v) is 11.4. The van der Waals surface area contributed by atoms with Gasteiger partial charge < -0.3 is 10.2 Å². The van der Waals surface area contributed by atoms with Crippen molar-refractivity contribution in [2.45, 2.75) is 32.7 Å². The quantitative estimate of drug-likeness (QED) is 0.557. The first-order chi connectivity index (χ1) is 15.2. The van der Waals surface area contributed by atoms with Gasteiger partial charge in [0.1, 0.15) is 5.82 Å². The fourth-order valence-electron chi connectivity index (χ4n) is 4.29. The van der Waals surface area contributed by atoms with Crippen molar-refractivity contribution in [2.24, 2.45) is 12.5 Å². The van der Waals surface area contributed by atoms with Gasteiger partial charge in [-0.2, -0.15) is 5.10 Å². The van der Waals surface area contributed by atoms with Gasteiger partial charge in [0.15, 0.2) is 5.69 Å². The number of benzene rings is 1. The van der Waals surface area contributed by atoms with Crippen molar-refractivity contribution >= 4 is 27.8 Å². The smallest absolute Gasteiger partial charge is 0.275 e. The van der Waals surface area contributed by atoms with E-state index in [1.165, 1.54) is 12.1 Å². The number of hydrogen-bond donors (Lipinski definition) is 1. The summed E-state index contributed by atoms with van der Waals surface area (Å²) < 4.78 is 15.9. The van der Waals surface area contributed by atoms with E-state index in [4.69, 9.17) is 0 Å². The molecule has 0 bridgehead atoms. The third-order valence-corrected chi connectivity index (χ3v) is 6.43. The fourth-order valence-corrected chi connectivity index (χ4v) is 4.50. The molecule has 1 atom stereocenters. The van der Waals surface area contributed by atoms with Gasteiger partial charge in [0.25, 0.3) is 5.91 Å². The van der Waals surface area contributed by atoms with Crippen molar-refractivity contribution in [1.29, 1.82) is 0 Å². The summed E-state index contributed by atoms with van der Waals surface area (Å²) in [7, 11) is 1.79. The molecule has 168 valence electrons. The Morgan fingerprint density at radius 3 is 2.62 bits per heavy atom. The Labute approximate surface area is 195 Å². The van der Waals surface area contributed by atoms with E-state index in [0.29, 0.717) is 30.3 Å². The lowest BCUT2D eigenvalue weighted by Gasteiger charge is -2.46. The minimum absolute atomic E-state index is 0.0703. The van der Waals surface area contributed by atoms with Gasteiger partial charge in [-0.05, 0) is 51.9 Å². The largest absolute Gasteiger partial charge is 0.352 e. The molecule has 0 saturated carbocycles. The molecule has 32 heavy (non-hydrogen) atoms. The lowest BCUT2D eigenvalue weighted by molar-refractivity contribution is 0.0314. The Balaban J connectivity index is 1.62. The number of rotatable bonds is 5. The van der Waals surface area contributed by atoms with E-state index in [9.17, 15) is 9.18 Å². The van der Waals surface area contributed by atoms with Crippen LogP contribution in [0.3, 0.4) is 0 Å². The van der Waals surface area contributed by atoms with Crippen LogP contribution in [0.5, 0.6) is 0 Å². The van der Waals surface area contributed by atoms with Gasteiger partial charge in [0.05, 0.1) is 10.5 Å². The molecule has 7 nitrogen and oxygen atoms in total. The topological polar surface area (TPSA) is 75.9 Å². The summed E-state index contributed by atoms with van der Waals surface area (Å²) in [6, 6.07) is 6.07. The van der Waals surface area contributed by atoms with Gasteiger partial charge >= 0.3 is 0 Å². The highest BCUT2D eigenvalue weighted by Crippen LogP contribution is 2.37. The summed E-state index contributed by atoms with van der Waals surface area (Å²) in [4.78, 5) is 24.2. The zero-order valence-electron chi connectivity index (χ0n) is 18.3. The van der Waals surface area contributed by atoms with Crippen LogP contribution in [-0.4, -0.2) is 49.7 Å². The molecular weight excluding hydrogens is 475 g/mol. The average molecular weight is 501 g/mol. The molecule has 1 unspecified atom stereocenters. The number of likely N-dealkylation sites (tertiary alicyclic amines) is 1. The van der Waals surface area contributed by atoms with Gasteiger partial charge in [0.2, 0.25) is 5.95 Å². The molecule has 1 saturated heterocycles. The molecule has 3 aromatic rings. The van der Waals surface area contributed by atoms with Crippen LogP contribution < -0.4 is 5.32 Å². The molecule has 0 radical (unpaired) electrons. The number of piperidine rings is 1. The summed E-state index contributed by atoms with van der Waals surface area (Å²) in [6.45, 7) is 5.54. The third-order valence-electron chi connectivity index (χ3n) is 6.02. The highest BCUT2D eigenvalue weighted by Gasteiger charge is 2.41. The summed E-state index contributed by atoms with van der Waals surface area (Å²) in [5, 5.41) is 7.76. The highest BCUT2D eigenvalue weighted by molar-refractivity contribution is 9.10. The Hall–Kier alpha value is -2.81. The lowest BCUT2D eigenvalue weighted by atomic mass is 9.76. The van der Waals surface area contributed by atoms with E-state index in [0.717, 1.165) is 22.9 Å². The Bertz CT molecular complexity index is 1100. The van der Waals surface area contributed by atoms with Gasteiger partial charge in [0, 0.05) is 44.3 Å². The summed E-state index contributed by atoms with van der Waals surface area (Å²) in [6.07, 6.45) is 7.11. The Morgan fingerprint density at radius 2 is 1.94 bits per heavy atom. The van der Waals surface area contributed by atoms with Crippen molar-refractivity contribution in [2.75, 3.05) is 18.4 Å². The number of nitrogens with one attached hydrogen (secondary N) is 1. The van der Waals surface area contributed by atoms with Gasteiger partial charge in [-0.15, -0.1) is 0 Å². The van der Waals surface area contributed by atoms with Crippen LogP contribution in [0.2, 0.25) is 0 Å². The number of hydrogen-bond acceptors (Lipinski definition) is 5. The predicted molar refractivity (Wildman–Crippen MR) is 125 cm³/mol. The highest BCUT2D eigenvalue weighted by atomic mass is 79.9. The third kappa shape index (κ3) is 4.67. The number of aryl methyl sites for hydroxylation is 1. The van der Waals surface area contributed by atoms with Crippen LogP contribution in [0.25, 0.3) is 11.1 Å². The molecule has 3 heterocycles. The van der Waals surface area contributed by atoms with E-state index >= 15 is 0 Å². The number of halogens is 2. The second kappa shape index (κ2) is 8.97. The molecule has 1 aliphatic heterocycles. The molecule has 1 N–H and O–H groups in total. The fraction of sp³-hybridized carbons (Fsp3) is 0.391. The zero-order valence-corrected chi connectivity index (χ0v) is 19.9. The zero-order chi connectivity index (χ0) is 22.9. The molecule has 0 aliphatic carbocycles. The summed E-state index contributed by atoms with van der Waals surface area (Å²) >= 11 is 3.34. The van der Waals surface area contributed by atoms with Crippen LogP contribution in [0.1, 0.15) is 37.2 Å². The van der Waals surface area contributed by atoms with Gasteiger partial charge in [-0.3, -0.25) is 9.48 Å². The van der Waals surface area contributed by atoms with Crippen LogP contribution in [-0.2, 0) is 7.05 Å². The number of amides is 1. The molecular formula is C23H26BrFN6O.